The van der Waals surface area contributed by atoms with Crippen LogP contribution in [0.1, 0.15) is 32.4 Å². The van der Waals surface area contributed by atoms with Crippen LogP contribution in [0.15, 0.2) is 12.5 Å². The monoisotopic (exact) mass is 306 g/mol. The van der Waals surface area contributed by atoms with Crippen LogP contribution in [0, 0.1) is 5.92 Å². The minimum atomic E-state index is -0.313. The summed E-state index contributed by atoms with van der Waals surface area (Å²) >= 11 is 0. The Morgan fingerprint density at radius 2 is 2.23 bits per heavy atom. The van der Waals surface area contributed by atoms with Gasteiger partial charge in [-0.25, -0.2) is 9.78 Å². The molecule has 6 nitrogen and oxygen atoms in total. The minimum absolute atomic E-state index is 0.188. The lowest BCUT2D eigenvalue weighted by Gasteiger charge is -2.38. The Morgan fingerprint density at radius 3 is 2.91 bits per heavy atom. The summed E-state index contributed by atoms with van der Waals surface area (Å²) in [6, 6.07) is 0. The summed E-state index contributed by atoms with van der Waals surface area (Å²) in [4.78, 5) is 20.1. The smallest absolute Gasteiger partial charge is 0.410 e. The van der Waals surface area contributed by atoms with E-state index in [0.717, 1.165) is 39.0 Å². The van der Waals surface area contributed by atoms with E-state index in [2.05, 4.69) is 28.3 Å². The van der Waals surface area contributed by atoms with E-state index >= 15 is 0 Å². The normalized spacial score (nSPS) is 26.2. The number of carbonyl (C=O) groups excluding carboxylic acids is 1. The van der Waals surface area contributed by atoms with Crippen LogP contribution in [-0.2, 0) is 17.8 Å². The first-order chi connectivity index (χ1) is 10.5. The zero-order valence-electron chi connectivity index (χ0n) is 13.8. The lowest BCUT2D eigenvalue weighted by atomic mass is 9.92. The number of carbonyl (C=O) groups is 1. The SMILES string of the molecule is CC(C)Cn1cncc1CN1CCCC2(C1)CN(C)C(=O)O2. The fourth-order valence-corrected chi connectivity index (χ4v) is 3.60. The van der Waals surface area contributed by atoms with Crippen LogP contribution < -0.4 is 0 Å². The van der Waals surface area contributed by atoms with E-state index in [1.165, 1.54) is 5.69 Å². The highest BCUT2D eigenvalue weighted by molar-refractivity contribution is 5.70. The van der Waals surface area contributed by atoms with E-state index in [0.29, 0.717) is 12.5 Å². The molecule has 0 radical (unpaired) electrons. The van der Waals surface area contributed by atoms with Crippen molar-refractivity contribution in [1.29, 1.82) is 0 Å². The summed E-state index contributed by atoms with van der Waals surface area (Å²) in [5, 5.41) is 0. The Kier molecular flexibility index (Phi) is 4.12. The molecule has 1 atom stereocenters. The van der Waals surface area contributed by atoms with Gasteiger partial charge in [-0.05, 0) is 25.3 Å². The molecule has 0 saturated carbocycles. The Labute approximate surface area is 132 Å². The summed E-state index contributed by atoms with van der Waals surface area (Å²) < 4.78 is 7.90. The number of hydrogen-bond donors (Lipinski definition) is 0. The summed E-state index contributed by atoms with van der Waals surface area (Å²) in [5.74, 6) is 0.602. The zero-order valence-corrected chi connectivity index (χ0v) is 13.8. The highest BCUT2D eigenvalue weighted by Crippen LogP contribution is 2.31. The number of piperidine rings is 1. The third kappa shape index (κ3) is 3.11. The predicted molar refractivity (Wildman–Crippen MR) is 83.4 cm³/mol. The van der Waals surface area contributed by atoms with E-state index in [1.807, 2.05) is 19.6 Å². The fourth-order valence-electron chi connectivity index (χ4n) is 3.60. The molecule has 1 unspecified atom stereocenters. The molecular formula is C16H26N4O2. The molecule has 0 N–H and O–H groups in total. The lowest BCUT2D eigenvalue weighted by Crippen LogP contribution is -2.50. The minimum Gasteiger partial charge on any atom is -0.440 e. The summed E-state index contributed by atoms with van der Waals surface area (Å²) in [5.41, 5.74) is 0.927. The van der Waals surface area contributed by atoms with Gasteiger partial charge in [0.25, 0.3) is 0 Å². The highest BCUT2D eigenvalue weighted by atomic mass is 16.6. The molecule has 6 heteroatoms. The van der Waals surface area contributed by atoms with Crippen molar-refractivity contribution in [3.63, 3.8) is 0 Å². The second kappa shape index (κ2) is 5.91. The van der Waals surface area contributed by atoms with Gasteiger partial charge in [-0.15, -0.1) is 0 Å². The maximum absolute atomic E-state index is 11.7. The zero-order chi connectivity index (χ0) is 15.7. The van der Waals surface area contributed by atoms with Gasteiger partial charge in [-0.3, -0.25) is 4.90 Å². The molecule has 1 aromatic heterocycles. The molecule has 3 heterocycles. The van der Waals surface area contributed by atoms with Gasteiger partial charge in [-0.2, -0.15) is 0 Å². The van der Waals surface area contributed by atoms with Crippen LogP contribution in [0.3, 0.4) is 0 Å². The molecule has 1 aromatic rings. The first-order valence-corrected chi connectivity index (χ1v) is 8.13. The second-order valence-electron chi connectivity index (χ2n) is 7.15. The Bertz CT molecular complexity index is 542. The number of amides is 1. The summed E-state index contributed by atoms with van der Waals surface area (Å²) in [6.07, 6.45) is 5.71. The van der Waals surface area contributed by atoms with Gasteiger partial charge in [0.1, 0.15) is 5.60 Å². The van der Waals surface area contributed by atoms with E-state index in [4.69, 9.17) is 4.74 Å². The van der Waals surface area contributed by atoms with Crippen molar-refractivity contribution in [1.82, 2.24) is 19.4 Å². The Balaban J connectivity index is 1.66. The van der Waals surface area contributed by atoms with E-state index < -0.39 is 0 Å². The molecule has 3 rings (SSSR count). The molecule has 2 aliphatic heterocycles. The van der Waals surface area contributed by atoms with Crippen LogP contribution in [0.5, 0.6) is 0 Å². The first kappa shape index (κ1) is 15.3. The topological polar surface area (TPSA) is 50.6 Å². The Hall–Kier alpha value is -1.56. The maximum atomic E-state index is 11.7. The van der Waals surface area contributed by atoms with Gasteiger partial charge in [0.05, 0.1) is 18.6 Å². The molecule has 0 aromatic carbocycles. The van der Waals surface area contributed by atoms with Gasteiger partial charge >= 0.3 is 6.09 Å². The number of ether oxygens (including phenoxy) is 1. The summed E-state index contributed by atoms with van der Waals surface area (Å²) in [6.45, 7) is 8.86. The number of likely N-dealkylation sites (N-methyl/N-ethyl adjacent to an activating group) is 1. The highest BCUT2D eigenvalue weighted by Gasteiger charge is 2.46. The molecule has 0 aliphatic carbocycles. The van der Waals surface area contributed by atoms with Crippen molar-refractivity contribution >= 4 is 6.09 Å². The number of imidazole rings is 1. The van der Waals surface area contributed by atoms with Gasteiger partial charge in [-0.1, -0.05) is 13.8 Å². The van der Waals surface area contributed by atoms with E-state index in [1.54, 1.807) is 4.90 Å². The van der Waals surface area contributed by atoms with Crippen LogP contribution >= 0.6 is 0 Å². The molecule has 122 valence electrons. The van der Waals surface area contributed by atoms with Gasteiger partial charge in [0, 0.05) is 32.9 Å². The fraction of sp³-hybridized carbons (Fsp3) is 0.750. The maximum Gasteiger partial charge on any atom is 0.410 e. The number of rotatable bonds is 4. The van der Waals surface area contributed by atoms with Crippen molar-refractivity contribution in [2.75, 3.05) is 26.7 Å². The van der Waals surface area contributed by atoms with Gasteiger partial charge < -0.3 is 14.2 Å². The molecule has 2 fully saturated rings. The quantitative estimate of drug-likeness (QED) is 0.853. The summed E-state index contributed by atoms with van der Waals surface area (Å²) in [7, 11) is 1.81. The van der Waals surface area contributed by atoms with Gasteiger partial charge in [0.2, 0.25) is 0 Å². The van der Waals surface area contributed by atoms with Crippen LogP contribution in [0.2, 0.25) is 0 Å². The molecular weight excluding hydrogens is 280 g/mol. The third-order valence-corrected chi connectivity index (χ3v) is 4.51. The average molecular weight is 306 g/mol. The largest absolute Gasteiger partial charge is 0.440 e. The van der Waals surface area contributed by atoms with Crippen molar-refractivity contribution in [2.45, 2.75) is 45.4 Å². The van der Waals surface area contributed by atoms with E-state index in [-0.39, 0.29) is 11.7 Å². The van der Waals surface area contributed by atoms with Crippen molar-refractivity contribution in [3.8, 4) is 0 Å². The van der Waals surface area contributed by atoms with Crippen LogP contribution in [0.25, 0.3) is 0 Å². The standard InChI is InChI=1S/C16H26N4O2/c1-13(2)8-20-12-17-7-14(20)9-19-6-4-5-16(11-19)10-18(3)15(21)22-16/h7,12-13H,4-6,8-11H2,1-3H3. The third-order valence-electron chi connectivity index (χ3n) is 4.51. The van der Waals surface area contributed by atoms with Crippen molar-refractivity contribution in [3.05, 3.63) is 18.2 Å². The van der Waals surface area contributed by atoms with Crippen molar-refractivity contribution in [2.24, 2.45) is 5.92 Å². The lowest BCUT2D eigenvalue weighted by molar-refractivity contribution is -0.0120. The number of aromatic nitrogens is 2. The second-order valence-corrected chi connectivity index (χ2v) is 7.15. The number of hydrogen-bond acceptors (Lipinski definition) is 4. The molecule has 1 amide bonds. The van der Waals surface area contributed by atoms with Crippen molar-refractivity contribution < 1.29 is 9.53 Å². The average Bonchev–Trinajstić information content (AvgIpc) is 2.95. The van der Waals surface area contributed by atoms with E-state index in [9.17, 15) is 4.79 Å². The van der Waals surface area contributed by atoms with Crippen LogP contribution in [0.4, 0.5) is 4.79 Å². The molecule has 0 bridgehead atoms. The molecule has 2 saturated heterocycles. The predicted octanol–water partition coefficient (Wildman–Crippen LogP) is 1.96. The molecule has 22 heavy (non-hydrogen) atoms. The molecule has 2 aliphatic rings. The number of likely N-dealkylation sites (tertiary alicyclic amines) is 1. The Morgan fingerprint density at radius 1 is 1.41 bits per heavy atom. The number of nitrogens with zero attached hydrogens (tertiary/aromatic N) is 4. The van der Waals surface area contributed by atoms with Gasteiger partial charge in [0.15, 0.2) is 0 Å². The molecule has 1 spiro atoms. The first-order valence-electron chi connectivity index (χ1n) is 8.13. The van der Waals surface area contributed by atoms with Crippen LogP contribution in [-0.4, -0.2) is 57.7 Å².